The van der Waals surface area contributed by atoms with Crippen LogP contribution >= 0.6 is 11.8 Å². The average molecular weight is 667 g/mol. The summed E-state index contributed by atoms with van der Waals surface area (Å²) >= 11 is 2.02. The SMILES string of the molecule is CC(C)(C)[Si]1(C(C)(C)C)OC[C@H]2S[C@@H](n3cnc4c(NC(=O)c5ccccc5)ncnc43)[C@H]([Se]c3ccccc3)[C@@H]2O1. The van der Waals surface area contributed by atoms with Crippen molar-refractivity contribution in [2.45, 2.75) is 73.2 Å². The van der Waals surface area contributed by atoms with E-state index in [-0.39, 0.29) is 52.5 Å². The predicted octanol–water partition coefficient (Wildman–Crippen LogP) is 5.97. The Labute approximate surface area is 258 Å². The molecule has 2 aliphatic rings. The van der Waals surface area contributed by atoms with Crippen LogP contribution in [0.1, 0.15) is 57.3 Å². The average Bonchev–Trinajstić information content (AvgIpc) is 3.54. The molecule has 2 fully saturated rings. The van der Waals surface area contributed by atoms with Gasteiger partial charge in [0.1, 0.15) is 0 Å². The second-order valence-electron chi connectivity index (χ2n) is 12.8. The van der Waals surface area contributed by atoms with Crippen molar-refractivity contribution in [3.8, 4) is 0 Å². The zero-order chi connectivity index (χ0) is 29.7. The Kier molecular flexibility index (Phi) is 7.87. The topological polar surface area (TPSA) is 91.2 Å². The third kappa shape index (κ3) is 5.24. The quantitative estimate of drug-likeness (QED) is 0.263. The van der Waals surface area contributed by atoms with Gasteiger partial charge in [0.15, 0.2) is 0 Å². The first-order valence-electron chi connectivity index (χ1n) is 14.2. The van der Waals surface area contributed by atoms with Gasteiger partial charge in [0, 0.05) is 0 Å². The fraction of sp³-hybridized carbons (Fsp3) is 0.419. The Morgan fingerprint density at radius 2 is 1.64 bits per heavy atom. The number of rotatable bonds is 5. The summed E-state index contributed by atoms with van der Waals surface area (Å²) in [6.45, 7) is 14.3. The summed E-state index contributed by atoms with van der Waals surface area (Å²) in [4.78, 5) is 26.9. The summed E-state index contributed by atoms with van der Waals surface area (Å²) in [5.74, 6) is 0.178. The molecule has 0 unspecified atom stereocenters. The van der Waals surface area contributed by atoms with Crippen LogP contribution in [0.15, 0.2) is 73.3 Å². The molecular formula is C31H37N5O3SSeSi. The third-order valence-electron chi connectivity index (χ3n) is 7.93. The van der Waals surface area contributed by atoms with Gasteiger partial charge in [0.2, 0.25) is 0 Å². The number of hydrogen-bond acceptors (Lipinski definition) is 7. The molecule has 0 saturated carbocycles. The molecule has 0 spiro atoms. The van der Waals surface area contributed by atoms with Crippen molar-refractivity contribution >= 4 is 62.6 Å². The second kappa shape index (κ2) is 11.2. The summed E-state index contributed by atoms with van der Waals surface area (Å²) in [5.41, 5.74) is 1.84. The molecule has 6 rings (SSSR count). The molecule has 0 radical (unpaired) electrons. The summed E-state index contributed by atoms with van der Waals surface area (Å²) < 4.78 is 17.7. The van der Waals surface area contributed by atoms with Crippen LogP contribution in [-0.2, 0) is 8.85 Å². The van der Waals surface area contributed by atoms with Crippen LogP contribution < -0.4 is 9.78 Å². The zero-order valence-corrected chi connectivity index (χ0v) is 28.3. The van der Waals surface area contributed by atoms with E-state index in [4.69, 9.17) is 13.8 Å². The van der Waals surface area contributed by atoms with Crippen molar-refractivity contribution < 1.29 is 13.6 Å². The van der Waals surface area contributed by atoms with Crippen molar-refractivity contribution in [2.24, 2.45) is 0 Å². The third-order valence-corrected chi connectivity index (χ3v) is 17.8. The van der Waals surface area contributed by atoms with Crippen molar-refractivity contribution in [1.29, 1.82) is 0 Å². The maximum atomic E-state index is 12.9. The zero-order valence-electron chi connectivity index (χ0n) is 24.8. The van der Waals surface area contributed by atoms with Gasteiger partial charge in [-0.1, -0.05) is 0 Å². The molecule has 2 aromatic heterocycles. The molecule has 4 heterocycles. The summed E-state index contributed by atoms with van der Waals surface area (Å²) in [7, 11) is -2.66. The molecule has 42 heavy (non-hydrogen) atoms. The van der Waals surface area contributed by atoms with Gasteiger partial charge in [0.25, 0.3) is 0 Å². The normalized spacial score (nSPS) is 24.0. The van der Waals surface area contributed by atoms with E-state index < -0.39 is 8.56 Å². The standard InChI is InChI=1S/C31H37N5O3SSeSi/c1-30(2,3)42(31(4,5)6)38-17-22-24(39-42)25(41-21-15-11-8-12-16-21)29(40-22)36-19-34-23-26(32-18-33-27(23)36)35-28(37)20-13-9-7-10-14-20/h7-16,18-19,22,24-25,29H,17H2,1-6H3,(H,32,33,35,37)/t22-,24-,25-,29-/m1/s1. The minimum atomic E-state index is -2.66. The van der Waals surface area contributed by atoms with Crippen molar-refractivity contribution in [3.63, 3.8) is 0 Å². The van der Waals surface area contributed by atoms with Gasteiger partial charge < -0.3 is 0 Å². The van der Waals surface area contributed by atoms with E-state index in [1.54, 1.807) is 12.1 Å². The number of carbonyl (C=O) groups excluding carboxylic acids is 1. The Bertz CT molecular complexity index is 1560. The monoisotopic (exact) mass is 667 g/mol. The van der Waals surface area contributed by atoms with Crippen LogP contribution in [0.5, 0.6) is 0 Å². The van der Waals surface area contributed by atoms with Gasteiger partial charge in [-0.05, 0) is 0 Å². The predicted molar refractivity (Wildman–Crippen MR) is 172 cm³/mol. The van der Waals surface area contributed by atoms with E-state index in [0.717, 1.165) is 0 Å². The van der Waals surface area contributed by atoms with Gasteiger partial charge in [0.05, 0.1) is 0 Å². The molecule has 4 atom stereocenters. The van der Waals surface area contributed by atoms with Crippen LogP contribution in [0.25, 0.3) is 11.2 Å². The van der Waals surface area contributed by atoms with Crippen molar-refractivity contribution in [1.82, 2.24) is 19.5 Å². The number of carbonyl (C=O) groups is 1. The minimum absolute atomic E-state index is 0.0473. The van der Waals surface area contributed by atoms with Crippen LogP contribution in [0.2, 0.25) is 14.9 Å². The number of anilines is 1. The van der Waals surface area contributed by atoms with E-state index in [1.807, 2.05) is 36.3 Å². The Morgan fingerprint density at radius 1 is 0.976 bits per heavy atom. The summed E-state index contributed by atoms with van der Waals surface area (Å²) in [6, 6.07) is 19.9. The number of benzene rings is 2. The van der Waals surface area contributed by atoms with Crippen LogP contribution in [-0.4, -0.2) is 66.9 Å². The first-order valence-corrected chi connectivity index (χ1v) is 18.8. The molecule has 11 heteroatoms. The first-order chi connectivity index (χ1) is 20.0. The molecule has 2 aromatic carbocycles. The molecule has 1 N–H and O–H groups in total. The number of nitrogens with zero attached hydrogens (tertiary/aromatic N) is 4. The molecule has 2 saturated heterocycles. The van der Waals surface area contributed by atoms with Gasteiger partial charge in [-0.3, -0.25) is 0 Å². The molecule has 8 nitrogen and oxygen atoms in total. The van der Waals surface area contributed by atoms with Gasteiger partial charge >= 0.3 is 260 Å². The number of nitrogens with one attached hydrogen (secondary N) is 1. The molecule has 2 aliphatic heterocycles. The van der Waals surface area contributed by atoms with Crippen LogP contribution in [0.4, 0.5) is 5.82 Å². The molecule has 0 aliphatic carbocycles. The summed E-state index contributed by atoms with van der Waals surface area (Å²) in [6.07, 6.45) is 3.40. The Balaban J connectivity index is 1.38. The molecular weight excluding hydrogens is 629 g/mol. The van der Waals surface area contributed by atoms with Crippen LogP contribution in [0, 0.1) is 0 Å². The van der Waals surface area contributed by atoms with Gasteiger partial charge in [-0.2, -0.15) is 0 Å². The number of amides is 1. The fourth-order valence-electron chi connectivity index (χ4n) is 6.23. The van der Waals surface area contributed by atoms with Crippen molar-refractivity contribution in [3.05, 3.63) is 78.9 Å². The maximum absolute atomic E-state index is 12.9. The molecule has 0 bridgehead atoms. The van der Waals surface area contributed by atoms with E-state index in [9.17, 15) is 4.79 Å². The van der Waals surface area contributed by atoms with Crippen molar-refractivity contribution in [2.75, 3.05) is 11.9 Å². The number of aromatic nitrogens is 4. The van der Waals surface area contributed by atoms with Crippen LogP contribution in [0.3, 0.4) is 0 Å². The molecule has 220 valence electrons. The van der Waals surface area contributed by atoms with E-state index in [2.05, 4.69) is 91.7 Å². The van der Waals surface area contributed by atoms with E-state index in [0.29, 0.717) is 29.2 Å². The van der Waals surface area contributed by atoms with E-state index >= 15 is 0 Å². The number of imidazole rings is 1. The van der Waals surface area contributed by atoms with E-state index in [1.165, 1.54) is 10.8 Å². The second-order valence-corrected chi connectivity index (χ2v) is 21.6. The Hall–Kier alpha value is -2.53. The number of fused-ring (bicyclic) bond motifs is 2. The fourth-order valence-corrected chi connectivity index (χ4v) is 16.7. The number of thioether (sulfide) groups is 1. The molecule has 1 amide bonds. The molecule has 4 aromatic rings. The first kappa shape index (κ1) is 29.5. The van der Waals surface area contributed by atoms with Gasteiger partial charge in [-0.25, -0.2) is 0 Å². The summed E-state index contributed by atoms with van der Waals surface area (Å²) in [5, 5.41) is 3.00. The Morgan fingerprint density at radius 3 is 2.31 bits per heavy atom. The van der Waals surface area contributed by atoms with Gasteiger partial charge in [-0.15, -0.1) is 0 Å². The number of hydrogen-bond donors (Lipinski definition) is 1.